The minimum absolute atomic E-state index is 0.0908. The van der Waals surface area contributed by atoms with Crippen molar-refractivity contribution in [1.29, 1.82) is 0 Å². The molecule has 1 fully saturated rings. The zero-order valence-corrected chi connectivity index (χ0v) is 14.4. The van der Waals surface area contributed by atoms with Crippen molar-refractivity contribution in [2.45, 2.75) is 25.7 Å². The maximum Gasteiger partial charge on any atom is 0.255 e. The van der Waals surface area contributed by atoms with Gasteiger partial charge in [-0.1, -0.05) is 25.3 Å². The molecule has 0 atom stereocenters. The Labute approximate surface area is 151 Å². The van der Waals surface area contributed by atoms with Crippen molar-refractivity contribution in [3.8, 4) is 16.9 Å². The summed E-state index contributed by atoms with van der Waals surface area (Å²) < 4.78 is 5.73. The first-order chi connectivity index (χ1) is 12.8. The zero-order chi connectivity index (χ0) is 17.5. The van der Waals surface area contributed by atoms with Gasteiger partial charge in [0, 0.05) is 29.8 Å². The molecular formula is C20H20N4O2. The van der Waals surface area contributed by atoms with Gasteiger partial charge in [-0.2, -0.15) is 0 Å². The number of rotatable bonds is 3. The molecule has 0 radical (unpaired) electrons. The molecule has 1 saturated carbocycles. The minimum atomic E-state index is -0.0908. The maximum atomic E-state index is 12.1. The summed E-state index contributed by atoms with van der Waals surface area (Å²) in [6.45, 7) is 0.997. The third-order valence-electron chi connectivity index (χ3n) is 5.36. The molecule has 132 valence electrons. The van der Waals surface area contributed by atoms with Gasteiger partial charge in [0.15, 0.2) is 0 Å². The van der Waals surface area contributed by atoms with Crippen LogP contribution in [-0.2, 0) is 6.42 Å². The van der Waals surface area contributed by atoms with Crippen LogP contribution in [0.5, 0.6) is 5.75 Å². The number of carbonyl (C=O) groups excluding carboxylic acids is 1. The molecule has 0 unspecified atom stereocenters. The molecule has 5 rings (SSSR count). The van der Waals surface area contributed by atoms with Crippen molar-refractivity contribution in [2.75, 3.05) is 13.2 Å². The van der Waals surface area contributed by atoms with Crippen LogP contribution in [0, 0.1) is 5.92 Å². The van der Waals surface area contributed by atoms with Crippen LogP contribution in [0.25, 0.3) is 22.2 Å². The van der Waals surface area contributed by atoms with Crippen molar-refractivity contribution in [3.05, 3.63) is 42.0 Å². The Hall–Kier alpha value is -2.89. The molecule has 1 aromatic carbocycles. The van der Waals surface area contributed by atoms with Crippen LogP contribution >= 0.6 is 0 Å². The number of aromatic amines is 1. The van der Waals surface area contributed by atoms with Gasteiger partial charge in [0.2, 0.25) is 0 Å². The van der Waals surface area contributed by atoms with Crippen LogP contribution in [0.1, 0.15) is 35.4 Å². The quantitative estimate of drug-likeness (QED) is 0.762. The molecule has 1 aliphatic heterocycles. The largest absolute Gasteiger partial charge is 0.491 e. The topological polar surface area (TPSA) is 79.9 Å². The maximum absolute atomic E-state index is 12.1. The summed E-state index contributed by atoms with van der Waals surface area (Å²) >= 11 is 0. The molecule has 2 N–H and O–H groups in total. The normalized spacial score (nSPS) is 17.2. The second kappa shape index (κ2) is 6.12. The Morgan fingerprint density at radius 2 is 2.15 bits per heavy atom. The zero-order valence-electron chi connectivity index (χ0n) is 14.4. The molecule has 0 bridgehead atoms. The number of nitrogens with one attached hydrogen (secondary N) is 2. The highest BCUT2D eigenvalue weighted by molar-refractivity contribution is 5.99. The van der Waals surface area contributed by atoms with Gasteiger partial charge in [0.05, 0.1) is 12.1 Å². The van der Waals surface area contributed by atoms with Crippen LogP contribution in [0.15, 0.2) is 30.6 Å². The molecule has 0 saturated heterocycles. The molecule has 0 spiro atoms. The highest BCUT2D eigenvalue weighted by atomic mass is 16.5. The summed E-state index contributed by atoms with van der Waals surface area (Å²) in [5.74, 6) is 2.19. The van der Waals surface area contributed by atoms with Gasteiger partial charge in [0.1, 0.15) is 23.8 Å². The first-order valence-corrected chi connectivity index (χ1v) is 9.16. The summed E-state index contributed by atoms with van der Waals surface area (Å²) in [7, 11) is 0. The number of ether oxygens (including phenoxy) is 1. The summed E-state index contributed by atoms with van der Waals surface area (Å²) in [5, 5.41) is 3.81. The Morgan fingerprint density at radius 3 is 3.00 bits per heavy atom. The van der Waals surface area contributed by atoms with E-state index >= 15 is 0 Å². The molecule has 1 aliphatic carbocycles. The third-order valence-corrected chi connectivity index (χ3v) is 5.36. The lowest BCUT2D eigenvalue weighted by atomic mass is 9.83. The smallest absolute Gasteiger partial charge is 0.255 e. The van der Waals surface area contributed by atoms with E-state index in [9.17, 15) is 4.79 Å². The predicted octanol–water partition coefficient (Wildman–Crippen LogP) is 3.09. The second-order valence-electron chi connectivity index (χ2n) is 7.07. The first-order valence-electron chi connectivity index (χ1n) is 9.16. The number of benzene rings is 1. The van der Waals surface area contributed by atoms with Crippen molar-refractivity contribution in [1.82, 2.24) is 20.3 Å². The fourth-order valence-corrected chi connectivity index (χ4v) is 3.65. The predicted molar refractivity (Wildman–Crippen MR) is 98.2 cm³/mol. The van der Waals surface area contributed by atoms with Gasteiger partial charge in [-0.3, -0.25) is 4.79 Å². The molecule has 26 heavy (non-hydrogen) atoms. The van der Waals surface area contributed by atoms with E-state index in [2.05, 4.69) is 15.3 Å². The lowest BCUT2D eigenvalue weighted by Crippen LogP contribution is -2.24. The van der Waals surface area contributed by atoms with E-state index in [4.69, 9.17) is 9.72 Å². The number of hydrogen-bond donors (Lipinski definition) is 2. The number of hydrogen-bond acceptors (Lipinski definition) is 4. The van der Waals surface area contributed by atoms with Crippen LogP contribution in [-0.4, -0.2) is 34.0 Å². The average Bonchev–Trinajstić information content (AvgIpc) is 2.95. The summed E-state index contributed by atoms with van der Waals surface area (Å²) in [4.78, 5) is 24.6. The highest BCUT2D eigenvalue weighted by Crippen LogP contribution is 2.33. The van der Waals surface area contributed by atoms with E-state index in [1.807, 2.05) is 30.6 Å². The van der Waals surface area contributed by atoms with E-state index < -0.39 is 0 Å². The molecule has 6 nitrogen and oxygen atoms in total. The van der Waals surface area contributed by atoms with Crippen molar-refractivity contribution in [2.24, 2.45) is 5.92 Å². The van der Waals surface area contributed by atoms with Crippen molar-refractivity contribution >= 4 is 16.9 Å². The monoisotopic (exact) mass is 348 g/mol. The molecule has 6 heteroatoms. The van der Waals surface area contributed by atoms with Crippen molar-refractivity contribution in [3.63, 3.8) is 0 Å². The van der Waals surface area contributed by atoms with Crippen LogP contribution in [0.2, 0.25) is 0 Å². The lowest BCUT2D eigenvalue weighted by molar-refractivity contribution is 0.0957. The van der Waals surface area contributed by atoms with Crippen LogP contribution in [0.3, 0.4) is 0 Å². The molecular weight excluding hydrogens is 328 g/mol. The first kappa shape index (κ1) is 15.4. The van der Waals surface area contributed by atoms with E-state index in [1.165, 1.54) is 19.3 Å². The summed E-state index contributed by atoms with van der Waals surface area (Å²) in [5.41, 5.74) is 3.44. The SMILES string of the molecule is O=C1NCCOc2cc(-c3c[nH]c4nc(CC5CCC5)ncc34)ccc21. The number of aromatic nitrogens is 3. The van der Waals surface area contributed by atoms with Gasteiger partial charge < -0.3 is 15.0 Å². The number of H-pyrrole nitrogens is 1. The molecule has 1 amide bonds. The Morgan fingerprint density at radius 1 is 1.23 bits per heavy atom. The number of carbonyl (C=O) groups is 1. The molecule has 2 aliphatic rings. The average molecular weight is 348 g/mol. The summed E-state index contributed by atoms with van der Waals surface area (Å²) in [6.07, 6.45) is 8.73. The number of nitrogens with zero attached hydrogens (tertiary/aromatic N) is 2. The third kappa shape index (κ3) is 2.62. The standard InChI is InChI=1S/C20H20N4O2/c25-20-14-5-4-13(9-17(14)26-7-6-21-20)15-10-23-19-16(15)11-22-18(24-19)8-12-2-1-3-12/h4-5,9-12H,1-3,6-8H2,(H,21,25)(H,22,23,24). The summed E-state index contributed by atoms with van der Waals surface area (Å²) in [6, 6.07) is 5.68. The fraction of sp³-hybridized carbons (Fsp3) is 0.350. The van der Waals surface area contributed by atoms with Gasteiger partial charge in [-0.25, -0.2) is 9.97 Å². The Bertz CT molecular complexity index is 991. The van der Waals surface area contributed by atoms with E-state index in [0.29, 0.717) is 24.5 Å². The fourth-order valence-electron chi connectivity index (χ4n) is 3.65. The Kier molecular flexibility index (Phi) is 3.62. The second-order valence-corrected chi connectivity index (χ2v) is 7.07. The van der Waals surface area contributed by atoms with Crippen LogP contribution < -0.4 is 10.1 Å². The highest BCUT2D eigenvalue weighted by Gasteiger charge is 2.20. The molecule has 2 aromatic heterocycles. The van der Waals surface area contributed by atoms with Gasteiger partial charge in [-0.15, -0.1) is 0 Å². The number of fused-ring (bicyclic) bond motifs is 2. The van der Waals surface area contributed by atoms with Crippen molar-refractivity contribution < 1.29 is 9.53 Å². The van der Waals surface area contributed by atoms with E-state index in [-0.39, 0.29) is 5.91 Å². The minimum Gasteiger partial charge on any atom is -0.491 e. The van der Waals surface area contributed by atoms with E-state index in [1.54, 1.807) is 0 Å². The molecule has 3 heterocycles. The van der Waals surface area contributed by atoms with Gasteiger partial charge >= 0.3 is 0 Å². The van der Waals surface area contributed by atoms with Crippen LogP contribution in [0.4, 0.5) is 0 Å². The van der Waals surface area contributed by atoms with Gasteiger partial charge in [-0.05, 0) is 23.6 Å². The Balaban J connectivity index is 1.50. The lowest BCUT2D eigenvalue weighted by Gasteiger charge is -2.24. The number of amides is 1. The van der Waals surface area contributed by atoms with E-state index in [0.717, 1.165) is 40.3 Å². The molecule has 3 aromatic rings. The van der Waals surface area contributed by atoms with Gasteiger partial charge in [0.25, 0.3) is 5.91 Å².